The van der Waals surface area contributed by atoms with Crippen molar-refractivity contribution >= 4 is 29.2 Å². The first-order valence-corrected chi connectivity index (χ1v) is 6.13. The summed E-state index contributed by atoms with van der Waals surface area (Å²) in [7, 11) is -0.859. The molecule has 0 bridgehead atoms. The van der Waals surface area contributed by atoms with Gasteiger partial charge in [-0.3, -0.25) is 0 Å². The van der Waals surface area contributed by atoms with E-state index in [4.69, 9.17) is 0 Å². The highest BCUT2D eigenvalue weighted by atomic mass is 127. The fourth-order valence-electron chi connectivity index (χ4n) is 0.527. The van der Waals surface area contributed by atoms with Gasteiger partial charge in [-0.15, -0.1) is 0 Å². The van der Waals surface area contributed by atoms with Crippen molar-refractivity contribution in [3.05, 3.63) is 30.3 Å². The van der Waals surface area contributed by atoms with Gasteiger partial charge in [0.05, 0.1) is 0 Å². The van der Waals surface area contributed by atoms with E-state index in [9.17, 15) is 4.21 Å². The number of halogens is 1. The third kappa shape index (κ3) is 2.06. The molecule has 0 aliphatic heterocycles. The number of benzene rings is 1. The molecule has 0 spiro atoms. The lowest BCUT2D eigenvalue weighted by atomic mass is 10.4. The van der Waals surface area contributed by atoms with Crippen LogP contribution in [0.25, 0.3) is 0 Å². The van der Waals surface area contributed by atoms with E-state index in [1.54, 1.807) is 0 Å². The van der Waals surface area contributed by atoms with E-state index in [-0.39, 0.29) is 0 Å². The first kappa shape index (κ1) is 7.21. The Morgan fingerprint density at radius 3 is 2.11 bits per heavy atom. The van der Waals surface area contributed by atoms with Crippen LogP contribution in [0.15, 0.2) is 35.2 Å². The maximum absolute atomic E-state index is 10.7. The normalized spacial score (nSPS) is 13.0. The van der Waals surface area contributed by atoms with Crippen LogP contribution in [0.3, 0.4) is 0 Å². The highest BCUT2D eigenvalue weighted by Gasteiger charge is 1.93. The summed E-state index contributed by atoms with van der Waals surface area (Å²) in [5.41, 5.74) is 0. The molecule has 0 saturated carbocycles. The van der Waals surface area contributed by atoms with Crippen molar-refractivity contribution in [3.8, 4) is 0 Å². The molecular formula is C6H5IOS. The molecule has 1 unspecified atom stereocenters. The Morgan fingerprint density at radius 2 is 1.78 bits per heavy atom. The van der Waals surface area contributed by atoms with Gasteiger partial charge in [-0.1, -0.05) is 18.2 Å². The van der Waals surface area contributed by atoms with Crippen molar-refractivity contribution in [1.82, 2.24) is 0 Å². The topological polar surface area (TPSA) is 17.1 Å². The quantitative estimate of drug-likeness (QED) is 0.552. The molecule has 0 aliphatic rings. The van der Waals surface area contributed by atoms with Crippen LogP contribution in [0.1, 0.15) is 0 Å². The Bertz CT molecular complexity index is 210. The van der Waals surface area contributed by atoms with E-state index < -0.39 is 7.97 Å². The second-order valence-electron chi connectivity index (χ2n) is 1.54. The van der Waals surface area contributed by atoms with Gasteiger partial charge in [0.25, 0.3) is 0 Å². The van der Waals surface area contributed by atoms with E-state index in [1.807, 2.05) is 51.5 Å². The molecule has 0 aromatic heterocycles. The highest BCUT2D eigenvalue weighted by Crippen LogP contribution is 2.10. The zero-order chi connectivity index (χ0) is 6.69. The fourth-order valence-corrected chi connectivity index (χ4v) is 1.78. The summed E-state index contributed by atoms with van der Waals surface area (Å²) in [4.78, 5) is 0.873. The standard InChI is InChI=1S/C6H5IOS/c7-9(8)6-4-2-1-3-5-6/h1-5H. The number of hydrogen-bond acceptors (Lipinski definition) is 1. The van der Waals surface area contributed by atoms with Crippen molar-refractivity contribution in [2.45, 2.75) is 4.90 Å². The van der Waals surface area contributed by atoms with Crippen LogP contribution < -0.4 is 0 Å². The summed E-state index contributed by atoms with van der Waals surface area (Å²) >= 11 is 1.88. The Morgan fingerprint density at radius 1 is 1.22 bits per heavy atom. The van der Waals surface area contributed by atoms with Crippen LogP contribution in [0.4, 0.5) is 0 Å². The minimum absolute atomic E-state index is 0.859. The van der Waals surface area contributed by atoms with Crippen LogP contribution in [0, 0.1) is 0 Å². The smallest absolute Gasteiger partial charge is 0.115 e. The average molecular weight is 252 g/mol. The molecule has 0 aliphatic carbocycles. The summed E-state index contributed by atoms with van der Waals surface area (Å²) in [6.45, 7) is 0. The second kappa shape index (κ2) is 3.31. The molecule has 1 aromatic carbocycles. The van der Waals surface area contributed by atoms with Gasteiger partial charge in [0.2, 0.25) is 0 Å². The lowest BCUT2D eigenvalue weighted by molar-refractivity contribution is 0.693. The largest absolute Gasteiger partial charge is 0.243 e. The van der Waals surface area contributed by atoms with Gasteiger partial charge in [0, 0.05) is 26.1 Å². The van der Waals surface area contributed by atoms with E-state index in [2.05, 4.69) is 0 Å². The lowest BCUT2D eigenvalue weighted by Gasteiger charge is -1.88. The van der Waals surface area contributed by atoms with Gasteiger partial charge >= 0.3 is 0 Å². The van der Waals surface area contributed by atoms with Crippen LogP contribution in [0.2, 0.25) is 0 Å². The van der Waals surface area contributed by atoms with Gasteiger partial charge < -0.3 is 0 Å². The van der Waals surface area contributed by atoms with Gasteiger partial charge in [-0.2, -0.15) is 0 Å². The molecule has 0 fully saturated rings. The molecule has 1 atom stereocenters. The van der Waals surface area contributed by atoms with E-state index in [1.165, 1.54) is 0 Å². The van der Waals surface area contributed by atoms with Gasteiger partial charge in [0.1, 0.15) is 7.97 Å². The van der Waals surface area contributed by atoms with Gasteiger partial charge in [0.15, 0.2) is 0 Å². The van der Waals surface area contributed by atoms with Gasteiger partial charge in [-0.05, 0) is 12.1 Å². The van der Waals surface area contributed by atoms with Crippen molar-refractivity contribution < 1.29 is 4.21 Å². The van der Waals surface area contributed by atoms with E-state index in [0.717, 1.165) is 4.90 Å². The van der Waals surface area contributed by atoms with Gasteiger partial charge in [-0.25, -0.2) is 4.21 Å². The molecule has 1 nitrogen and oxygen atoms in total. The Balaban J connectivity index is 2.98. The van der Waals surface area contributed by atoms with Crippen LogP contribution >= 0.6 is 21.2 Å². The van der Waals surface area contributed by atoms with Crippen molar-refractivity contribution in [1.29, 1.82) is 0 Å². The number of rotatable bonds is 1. The molecule has 0 N–H and O–H groups in total. The summed E-state index contributed by atoms with van der Waals surface area (Å²) in [5, 5.41) is 0. The van der Waals surface area contributed by atoms with Crippen molar-refractivity contribution in [2.24, 2.45) is 0 Å². The third-order valence-corrected chi connectivity index (χ3v) is 3.10. The average Bonchev–Trinajstić information content (AvgIpc) is 1.90. The monoisotopic (exact) mass is 252 g/mol. The predicted molar refractivity (Wildman–Crippen MR) is 46.9 cm³/mol. The molecule has 1 aromatic rings. The summed E-state index contributed by atoms with van der Waals surface area (Å²) in [5.74, 6) is 0. The van der Waals surface area contributed by atoms with Crippen LogP contribution in [0.5, 0.6) is 0 Å². The highest BCUT2D eigenvalue weighted by molar-refractivity contribution is 14.2. The van der Waals surface area contributed by atoms with Crippen LogP contribution in [-0.2, 0) is 7.97 Å². The molecule has 1 rings (SSSR count). The summed E-state index contributed by atoms with van der Waals surface area (Å²) in [6.07, 6.45) is 0. The van der Waals surface area contributed by atoms with E-state index >= 15 is 0 Å². The third-order valence-electron chi connectivity index (χ3n) is 0.929. The number of hydrogen-bond donors (Lipinski definition) is 0. The SMILES string of the molecule is O=S(I)c1ccccc1. The Labute approximate surface area is 68.5 Å². The molecule has 0 amide bonds. The first-order chi connectivity index (χ1) is 4.30. The molecule has 0 saturated heterocycles. The lowest BCUT2D eigenvalue weighted by Crippen LogP contribution is -1.76. The Hall–Kier alpha value is 0.1000. The molecule has 48 valence electrons. The van der Waals surface area contributed by atoms with Crippen LogP contribution in [-0.4, -0.2) is 4.21 Å². The van der Waals surface area contributed by atoms with Crippen molar-refractivity contribution in [3.63, 3.8) is 0 Å². The zero-order valence-corrected chi connectivity index (χ0v) is 7.56. The molecular weight excluding hydrogens is 247 g/mol. The van der Waals surface area contributed by atoms with E-state index in [0.29, 0.717) is 0 Å². The maximum atomic E-state index is 10.7. The fraction of sp³-hybridized carbons (Fsp3) is 0. The summed E-state index contributed by atoms with van der Waals surface area (Å²) in [6, 6.07) is 9.37. The zero-order valence-electron chi connectivity index (χ0n) is 4.58. The van der Waals surface area contributed by atoms with Crippen molar-refractivity contribution in [2.75, 3.05) is 0 Å². The maximum Gasteiger partial charge on any atom is 0.115 e. The minimum Gasteiger partial charge on any atom is -0.243 e. The Kier molecular flexibility index (Phi) is 2.65. The molecule has 0 radical (unpaired) electrons. The molecule has 9 heavy (non-hydrogen) atoms. The molecule has 0 heterocycles. The first-order valence-electron chi connectivity index (χ1n) is 2.44. The summed E-state index contributed by atoms with van der Waals surface area (Å²) < 4.78 is 10.7. The predicted octanol–water partition coefficient (Wildman–Crippen LogP) is 2.14. The second-order valence-corrected chi connectivity index (χ2v) is 4.85. The molecule has 3 heteroatoms. The minimum atomic E-state index is -0.859.